The molecule has 4 nitrogen and oxygen atoms in total. The van der Waals surface area contributed by atoms with Crippen LogP contribution in [0.2, 0.25) is 0 Å². The van der Waals surface area contributed by atoms with Crippen molar-refractivity contribution in [2.75, 3.05) is 5.73 Å². The number of aromatic nitrogens is 2. The molecule has 0 aliphatic carbocycles. The molecule has 0 radical (unpaired) electrons. The minimum Gasteiger partial charge on any atom is -0.399 e. The van der Waals surface area contributed by atoms with Crippen LogP contribution in [0.25, 0.3) is 10.9 Å². The third kappa shape index (κ3) is 1.87. The molecule has 2 aromatic heterocycles. The molecule has 94 valence electrons. The quantitative estimate of drug-likeness (QED) is 0.543. The second-order valence-electron chi connectivity index (χ2n) is 4.53. The van der Waals surface area contributed by atoms with E-state index in [-0.39, 0.29) is 5.78 Å². The molecule has 0 fully saturated rings. The maximum absolute atomic E-state index is 12.6. The Morgan fingerprint density at radius 3 is 2.95 bits per heavy atom. The first kappa shape index (κ1) is 11.5. The summed E-state index contributed by atoms with van der Waals surface area (Å²) in [7, 11) is 0. The smallest absolute Gasteiger partial charge is 0.195 e. The van der Waals surface area contributed by atoms with E-state index >= 15 is 0 Å². The number of nitrogens with one attached hydrogen (secondary N) is 1. The van der Waals surface area contributed by atoms with Gasteiger partial charge in [0.1, 0.15) is 0 Å². The van der Waals surface area contributed by atoms with Gasteiger partial charge in [0.05, 0.1) is 0 Å². The number of hydrogen-bond acceptors (Lipinski definition) is 3. The molecule has 1 aromatic carbocycles. The molecule has 0 unspecified atom stereocenters. The van der Waals surface area contributed by atoms with Crippen molar-refractivity contribution in [3.05, 3.63) is 59.5 Å². The number of nitrogens with two attached hydrogens (primary N) is 1. The fourth-order valence-corrected chi connectivity index (χ4v) is 2.18. The lowest BCUT2D eigenvalue weighted by Crippen LogP contribution is -2.04. The van der Waals surface area contributed by atoms with Gasteiger partial charge in [-0.05, 0) is 30.7 Å². The molecular formula is C15H13N3O. The van der Waals surface area contributed by atoms with Crippen molar-refractivity contribution in [1.82, 2.24) is 9.97 Å². The van der Waals surface area contributed by atoms with Crippen LogP contribution in [0.1, 0.15) is 21.5 Å². The number of H-pyrrole nitrogens is 1. The van der Waals surface area contributed by atoms with Crippen LogP contribution in [-0.2, 0) is 0 Å². The standard InChI is InChI=1S/C15H13N3O/c1-9-2-3-10(16)6-11(9)15(19)13-8-18-14-4-5-17-7-12(13)14/h2-8,18H,16H2,1H3. The second kappa shape index (κ2) is 4.24. The summed E-state index contributed by atoms with van der Waals surface area (Å²) in [5.74, 6) is -0.0379. The van der Waals surface area contributed by atoms with Crippen LogP contribution in [0.15, 0.2) is 42.9 Å². The van der Waals surface area contributed by atoms with E-state index in [1.165, 1.54) is 0 Å². The number of aryl methyl sites for hydroxylation is 1. The summed E-state index contributed by atoms with van der Waals surface area (Å²) < 4.78 is 0. The molecule has 3 N–H and O–H groups in total. The first-order chi connectivity index (χ1) is 9.16. The summed E-state index contributed by atoms with van der Waals surface area (Å²) in [6, 6.07) is 7.21. The van der Waals surface area contributed by atoms with Gasteiger partial charge in [-0.2, -0.15) is 0 Å². The lowest BCUT2D eigenvalue weighted by molar-refractivity contribution is 0.104. The van der Waals surface area contributed by atoms with Gasteiger partial charge in [-0.15, -0.1) is 0 Å². The van der Waals surface area contributed by atoms with Crippen molar-refractivity contribution >= 4 is 22.4 Å². The summed E-state index contributed by atoms with van der Waals surface area (Å²) in [5.41, 5.74) is 9.42. The molecule has 0 atom stereocenters. The number of benzene rings is 1. The van der Waals surface area contributed by atoms with E-state index in [9.17, 15) is 4.79 Å². The average molecular weight is 251 g/mol. The van der Waals surface area contributed by atoms with Crippen LogP contribution in [0.4, 0.5) is 5.69 Å². The molecule has 0 aliphatic rings. The number of carbonyl (C=O) groups is 1. The maximum Gasteiger partial charge on any atom is 0.195 e. The Morgan fingerprint density at radius 1 is 1.26 bits per heavy atom. The predicted molar refractivity (Wildman–Crippen MR) is 75.1 cm³/mol. The maximum atomic E-state index is 12.6. The van der Waals surface area contributed by atoms with Crippen molar-refractivity contribution in [2.24, 2.45) is 0 Å². The lowest BCUT2D eigenvalue weighted by Gasteiger charge is -2.05. The number of ketones is 1. The van der Waals surface area contributed by atoms with E-state index in [1.54, 1.807) is 30.7 Å². The Morgan fingerprint density at radius 2 is 2.11 bits per heavy atom. The van der Waals surface area contributed by atoms with Gasteiger partial charge in [0.2, 0.25) is 0 Å². The number of carbonyl (C=O) groups excluding carboxylic acids is 1. The molecule has 0 saturated carbocycles. The number of nitrogens with zero attached hydrogens (tertiary/aromatic N) is 1. The Hall–Kier alpha value is -2.62. The third-order valence-corrected chi connectivity index (χ3v) is 3.23. The monoisotopic (exact) mass is 251 g/mol. The highest BCUT2D eigenvalue weighted by molar-refractivity contribution is 6.17. The van der Waals surface area contributed by atoms with Gasteiger partial charge in [-0.25, -0.2) is 0 Å². The van der Waals surface area contributed by atoms with Crippen molar-refractivity contribution in [1.29, 1.82) is 0 Å². The summed E-state index contributed by atoms with van der Waals surface area (Å²) >= 11 is 0. The highest BCUT2D eigenvalue weighted by Crippen LogP contribution is 2.22. The SMILES string of the molecule is Cc1ccc(N)cc1C(=O)c1c[nH]c2ccncc12. The van der Waals surface area contributed by atoms with E-state index in [4.69, 9.17) is 5.73 Å². The van der Waals surface area contributed by atoms with E-state index in [0.29, 0.717) is 16.8 Å². The summed E-state index contributed by atoms with van der Waals surface area (Å²) in [5, 5.41) is 0.828. The molecule has 19 heavy (non-hydrogen) atoms. The predicted octanol–water partition coefficient (Wildman–Crippen LogP) is 2.68. The van der Waals surface area contributed by atoms with Crippen LogP contribution in [0.5, 0.6) is 0 Å². The highest BCUT2D eigenvalue weighted by atomic mass is 16.1. The fourth-order valence-electron chi connectivity index (χ4n) is 2.18. The zero-order valence-corrected chi connectivity index (χ0v) is 10.5. The van der Waals surface area contributed by atoms with Crippen molar-refractivity contribution < 1.29 is 4.79 Å². The molecule has 3 rings (SSSR count). The number of nitrogen functional groups attached to an aromatic ring is 1. The Bertz CT molecular complexity index is 774. The van der Waals surface area contributed by atoms with Gasteiger partial charge in [0, 0.05) is 46.3 Å². The van der Waals surface area contributed by atoms with Crippen LogP contribution < -0.4 is 5.73 Å². The highest BCUT2D eigenvalue weighted by Gasteiger charge is 2.16. The molecule has 0 spiro atoms. The number of hydrogen-bond donors (Lipinski definition) is 2. The topological polar surface area (TPSA) is 71.8 Å². The van der Waals surface area contributed by atoms with Gasteiger partial charge < -0.3 is 10.7 Å². The first-order valence-electron chi connectivity index (χ1n) is 5.99. The molecule has 0 bridgehead atoms. The zero-order chi connectivity index (χ0) is 13.4. The molecule has 0 amide bonds. The molecule has 0 saturated heterocycles. The van der Waals surface area contributed by atoms with Gasteiger partial charge in [0.25, 0.3) is 0 Å². The van der Waals surface area contributed by atoms with E-state index in [0.717, 1.165) is 16.5 Å². The first-order valence-corrected chi connectivity index (χ1v) is 5.99. The zero-order valence-electron chi connectivity index (χ0n) is 10.5. The normalized spacial score (nSPS) is 10.8. The van der Waals surface area contributed by atoms with Crippen LogP contribution in [-0.4, -0.2) is 15.8 Å². The summed E-state index contributed by atoms with van der Waals surface area (Å²) in [4.78, 5) is 19.7. The molecule has 4 heteroatoms. The fraction of sp³-hybridized carbons (Fsp3) is 0.0667. The van der Waals surface area contributed by atoms with E-state index < -0.39 is 0 Å². The number of pyridine rings is 1. The Kier molecular flexibility index (Phi) is 2.56. The van der Waals surface area contributed by atoms with Crippen LogP contribution in [0.3, 0.4) is 0 Å². The second-order valence-corrected chi connectivity index (χ2v) is 4.53. The number of fused-ring (bicyclic) bond motifs is 1. The molecule has 2 heterocycles. The summed E-state index contributed by atoms with van der Waals surface area (Å²) in [6.45, 7) is 1.90. The largest absolute Gasteiger partial charge is 0.399 e. The van der Waals surface area contributed by atoms with Crippen molar-refractivity contribution in [2.45, 2.75) is 6.92 Å². The van der Waals surface area contributed by atoms with Crippen LogP contribution in [0, 0.1) is 6.92 Å². The minimum absolute atomic E-state index is 0.0379. The molecular weight excluding hydrogens is 238 g/mol. The summed E-state index contributed by atoms with van der Waals surface area (Å²) in [6.07, 6.45) is 5.11. The lowest BCUT2D eigenvalue weighted by atomic mass is 9.99. The van der Waals surface area contributed by atoms with Gasteiger partial charge in [-0.1, -0.05) is 6.07 Å². The van der Waals surface area contributed by atoms with E-state index in [2.05, 4.69) is 9.97 Å². The minimum atomic E-state index is -0.0379. The Labute approximate surface area is 110 Å². The number of anilines is 1. The molecule has 0 aliphatic heterocycles. The van der Waals surface area contributed by atoms with E-state index in [1.807, 2.05) is 19.1 Å². The van der Waals surface area contributed by atoms with Gasteiger partial charge in [0.15, 0.2) is 5.78 Å². The van der Waals surface area contributed by atoms with Crippen molar-refractivity contribution in [3.63, 3.8) is 0 Å². The molecule has 3 aromatic rings. The van der Waals surface area contributed by atoms with Crippen LogP contribution >= 0.6 is 0 Å². The van der Waals surface area contributed by atoms with Crippen molar-refractivity contribution in [3.8, 4) is 0 Å². The van der Waals surface area contributed by atoms with Gasteiger partial charge >= 0.3 is 0 Å². The Balaban J connectivity index is 2.16. The number of aromatic amines is 1. The average Bonchev–Trinajstić information content (AvgIpc) is 2.84. The number of rotatable bonds is 2. The van der Waals surface area contributed by atoms with Gasteiger partial charge in [-0.3, -0.25) is 9.78 Å². The third-order valence-electron chi connectivity index (χ3n) is 3.23.